The van der Waals surface area contributed by atoms with E-state index in [1.807, 2.05) is 37.5 Å². The number of hydrogen-bond donors (Lipinski definition) is 1. The Hall–Kier alpha value is -2.50. The maximum absolute atomic E-state index is 6.21. The van der Waals surface area contributed by atoms with E-state index in [4.69, 9.17) is 16.6 Å². The summed E-state index contributed by atoms with van der Waals surface area (Å²) in [5, 5.41) is 3.91. The molecule has 1 atom stereocenters. The predicted molar refractivity (Wildman–Crippen MR) is 114 cm³/mol. The van der Waals surface area contributed by atoms with Gasteiger partial charge in [-0.15, -0.1) is 0 Å². The standard InChI is InChI=1S/C22H24ClN5/c1-24-22-18(6-3-9-27-22)15-28-12-4-7-17(14-28)21-20(25-10-11-26-21)16-5-2-8-19(23)13-16/h2-3,5-6,8-11,13,17H,4,7,12,14-15H2,1H3,(H,24,27). The van der Waals surface area contributed by atoms with Crippen LogP contribution >= 0.6 is 11.6 Å². The highest BCUT2D eigenvalue weighted by molar-refractivity contribution is 6.30. The monoisotopic (exact) mass is 393 g/mol. The number of rotatable bonds is 5. The molecule has 1 saturated heterocycles. The van der Waals surface area contributed by atoms with Gasteiger partial charge >= 0.3 is 0 Å². The Bertz CT molecular complexity index is 945. The summed E-state index contributed by atoms with van der Waals surface area (Å²) >= 11 is 6.21. The average Bonchev–Trinajstić information content (AvgIpc) is 2.74. The minimum absolute atomic E-state index is 0.353. The van der Waals surface area contributed by atoms with Crippen LogP contribution in [0.5, 0.6) is 0 Å². The van der Waals surface area contributed by atoms with Crippen LogP contribution in [0.2, 0.25) is 5.02 Å². The van der Waals surface area contributed by atoms with Gasteiger partial charge in [-0.3, -0.25) is 14.9 Å². The quantitative estimate of drug-likeness (QED) is 0.685. The summed E-state index contributed by atoms with van der Waals surface area (Å²) < 4.78 is 0. The molecule has 1 aliphatic rings. The van der Waals surface area contributed by atoms with Gasteiger partial charge in [0.1, 0.15) is 5.82 Å². The van der Waals surface area contributed by atoms with Crippen molar-refractivity contribution in [2.75, 3.05) is 25.5 Å². The SMILES string of the molecule is CNc1ncccc1CN1CCCC(c2nccnc2-c2cccc(Cl)c2)C1. The molecule has 0 aliphatic carbocycles. The molecule has 5 nitrogen and oxygen atoms in total. The minimum Gasteiger partial charge on any atom is -0.373 e. The van der Waals surface area contributed by atoms with Crippen LogP contribution in [-0.4, -0.2) is 40.0 Å². The van der Waals surface area contributed by atoms with Gasteiger partial charge in [-0.1, -0.05) is 29.8 Å². The van der Waals surface area contributed by atoms with Crippen LogP contribution in [0.3, 0.4) is 0 Å². The lowest BCUT2D eigenvalue weighted by molar-refractivity contribution is 0.198. The predicted octanol–water partition coefficient (Wildman–Crippen LogP) is 4.61. The summed E-state index contributed by atoms with van der Waals surface area (Å²) in [7, 11) is 1.92. The van der Waals surface area contributed by atoms with E-state index in [1.54, 1.807) is 12.4 Å². The van der Waals surface area contributed by atoms with E-state index in [1.165, 1.54) is 5.56 Å². The normalized spacial score (nSPS) is 17.4. The second-order valence-electron chi connectivity index (χ2n) is 7.14. The first-order valence-electron chi connectivity index (χ1n) is 9.65. The third-order valence-electron chi connectivity index (χ3n) is 5.24. The summed E-state index contributed by atoms with van der Waals surface area (Å²) in [4.78, 5) is 16.3. The summed E-state index contributed by atoms with van der Waals surface area (Å²) in [5.74, 6) is 1.30. The molecule has 6 heteroatoms. The largest absolute Gasteiger partial charge is 0.373 e. The highest BCUT2D eigenvalue weighted by Crippen LogP contribution is 2.33. The van der Waals surface area contributed by atoms with Gasteiger partial charge in [-0.2, -0.15) is 0 Å². The van der Waals surface area contributed by atoms with Gasteiger partial charge < -0.3 is 5.32 Å². The lowest BCUT2D eigenvalue weighted by Gasteiger charge is -2.33. The van der Waals surface area contributed by atoms with Crippen molar-refractivity contribution in [2.45, 2.75) is 25.3 Å². The summed E-state index contributed by atoms with van der Waals surface area (Å²) in [6.45, 7) is 2.93. The van der Waals surface area contributed by atoms with E-state index in [-0.39, 0.29) is 0 Å². The molecule has 0 amide bonds. The second-order valence-corrected chi connectivity index (χ2v) is 7.57. The van der Waals surface area contributed by atoms with Crippen LogP contribution < -0.4 is 5.32 Å². The summed E-state index contributed by atoms with van der Waals surface area (Å²) in [6.07, 6.45) is 7.64. The first-order valence-corrected chi connectivity index (χ1v) is 10.0. The molecule has 1 unspecified atom stereocenters. The number of hydrogen-bond acceptors (Lipinski definition) is 5. The van der Waals surface area contributed by atoms with E-state index in [9.17, 15) is 0 Å². The van der Waals surface area contributed by atoms with Crippen molar-refractivity contribution in [3.63, 3.8) is 0 Å². The molecular formula is C22H24ClN5. The van der Waals surface area contributed by atoms with E-state index in [0.29, 0.717) is 5.92 Å². The number of aromatic nitrogens is 3. The van der Waals surface area contributed by atoms with Crippen molar-refractivity contribution in [2.24, 2.45) is 0 Å². The lowest BCUT2D eigenvalue weighted by atomic mass is 9.91. The van der Waals surface area contributed by atoms with Crippen molar-refractivity contribution in [1.29, 1.82) is 0 Å². The van der Waals surface area contributed by atoms with E-state index < -0.39 is 0 Å². The molecule has 0 radical (unpaired) electrons. The third kappa shape index (κ3) is 4.16. The number of pyridine rings is 1. The molecule has 1 aromatic carbocycles. The third-order valence-corrected chi connectivity index (χ3v) is 5.47. The van der Waals surface area contributed by atoms with Crippen molar-refractivity contribution in [3.05, 3.63) is 71.3 Å². The Morgan fingerprint density at radius 2 is 2.00 bits per heavy atom. The Kier molecular flexibility index (Phi) is 5.84. The van der Waals surface area contributed by atoms with Gasteiger partial charge in [-0.05, 0) is 37.6 Å². The number of benzene rings is 1. The average molecular weight is 394 g/mol. The number of halogens is 1. The highest BCUT2D eigenvalue weighted by atomic mass is 35.5. The molecule has 1 fully saturated rings. The van der Waals surface area contributed by atoms with Crippen LogP contribution in [-0.2, 0) is 6.54 Å². The van der Waals surface area contributed by atoms with Crippen molar-refractivity contribution >= 4 is 17.4 Å². The van der Waals surface area contributed by atoms with Gasteiger partial charge in [0.05, 0.1) is 11.4 Å². The van der Waals surface area contributed by atoms with Crippen molar-refractivity contribution in [1.82, 2.24) is 19.9 Å². The Labute approximate surface area is 170 Å². The van der Waals surface area contributed by atoms with E-state index in [0.717, 1.165) is 60.3 Å². The molecular weight excluding hydrogens is 370 g/mol. The van der Waals surface area contributed by atoms with Crippen LogP contribution in [0.4, 0.5) is 5.82 Å². The topological polar surface area (TPSA) is 53.9 Å². The molecule has 4 rings (SSSR count). The summed E-state index contributed by atoms with van der Waals surface area (Å²) in [6, 6.07) is 12.0. The molecule has 1 N–H and O–H groups in total. The Morgan fingerprint density at radius 1 is 1.11 bits per heavy atom. The van der Waals surface area contributed by atoms with Crippen LogP contribution in [0.25, 0.3) is 11.3 Å². The second kappa shape index (κ2) is 8.67. The number of likely N-dealkylation sites (tertiary alicyclic amines) is 1. The number of piperidine rings is 1. The number of nitrogens with zero attached hydrogens (tertiary/aromatic N) is 4. The molecule has 0 bridgehead atoms. The number of nitrogens with one attached hydrogen (secondary N) is 1. The van der Waals surface area contributed by atoms with Gasteiger partial charge in [0.15, 0.2) is 0 Å². The Balaban J connectivity index is 1.57. The molecule has 3 aromatic rings. The molecule has 2 aromatic heterocycles. The maximum Gasteiger partial charge on any atom is 0.130 e. The fraction of sp³-hybridized carbons (Fsp3) is 0.318. The van der Waals surface area contributed by atoms with E-state index >= 15 is 0 Å². The fourth-order valence-corrected chi connectivity index (χ4v) is 4.15. The molecule has 28 heavy (non-hydrogen) atoms. The van der Waals surface area contributed by atoms with Gasteiger partial charge in [0.25, 0.3) is 0 Å². The van der Waals surface area contributed by atoms with Crippen molar-refractivity contribution < 1.29 is 0 Å². The molecule has 1 aliphatic heterocycles. The van der Waals surface area contributed by atoms with Crippen LogP contribution in [0.1, 0.15) is 30.0 Å². The number of anilines is 1. The molecule has 0 spiro atoms. The zero-order valence-corrected chi connectivity index (χ0v) is 16.7. The van der Waals surface area contributed by atoms with Gasteiger partial charge in [0.2, 0.25) is 0 Å². The highest BCUT2D eigenvalue weighted by Gasteiger charge is 2.26. The zero-order valence-electron chi connectivity index (χ0n) is 16.0. The smallest absolute Gasteiger partial charge is 0.130 e. The molecule has 0 saturated carbocycles. The fourth-order valence-electron chi connectivity index (χ4n) is 3.96. The molecule has 144 valence electrons. The molecule has 3 heterocycles. The van der Waals surface area contributed by atoms with Gasteiger partial charge in [-0.25, -0.2) is 4.98 Å². The summed E-state index contributed by atoms with van der Waals surface area (Å²) in [5.41, 5.74) is 4.25. The first kappa shape index (κ1) is 18.8. The maximum atomic E-state index is 6.21. The Morgan fingerprint density at radius 3 is 2.86 bits per heavy atom. The van der Waals surface area contributed by atoms with Crippen molar-refractivity contribution in [3.8, 4) is 11.3 Å². The minimum atomic E-state index is 0.353. The zero-order chi connectivity index (χ0) is 19.3. The van der Waals surface area contributed by atoms with E-state index in [2.05, 4.69) is 32.3 Å². The van der Waals surface area contributed by atoms with Crippen LogP contribution in [0, 0.1) is 0 Å². The first-order chi connectivity index (χ1) is 13.7. The van der Waals surface area contributed by atoms with Crippen LogP contribution in [0.15, 0.2) is 55.0 Å². The van der Waals surface area contributed by atoms with Gasteiger partial charge in [0, 0.05) is 60.8 Å². The lowest BCUT2D eigenvalue weighted by Crippen LogP contribution is -2.34.